The first kappa shape index (κ1) is 12.1. The van der Waals surface area contributed by atoms with Crippen LogP contribution in [0.5, 0.6) is 0 Å². The van der Waals surface area contributed by atoms with Gasteiger partial charge in [0.15, 0.2) is 0 Å². The summed E-state index contributed by atoms with van der Waals surface area (Å²) in [5.74, 6) is 0. The van der Waals surface area contributed by atoms with Crippen LogP contribution in [0, 0.1) is 10.1 Å². The Morgan fingerprint density at radius 3 is 2.40 bits per heavy atom. The number of non-ortho nitro benzene ring substituents is 1. The zero-order chi connectivity index (χ0) is 14.1. The molecular weight excluding hydrogens is 256 g/mol. The highest BCUT2D eigenvalue weighted by Gasteiger charge is 2.08. The van der Waals surface area contributed by atoms with Crippen LogP contribution in [0.25, 0.3) is 22.0 Å². The van der Waals surface area contributed by atoms with Crippen LogP contribution in [0.3, 0.4) is 0 Å². The van der Waals surface area contributed by atoms with Crippen molar-refractivity contribution in [2.45, 2.75) is 0 Å². The Morgan fingerprint density at radius 2 is 1.70 bits per heavy atom. The van der Waals surface area contributed by atoms with Crippen molar-refractivity contribution in [2.75, 3.05) is 0 Å². The van der Waals surface area contributed by atoms with Gasteiger partial charge >= 0.3 is 0 Å². The van der Waals surface area contributed by atoms with Crippen LogP contribution >= 0.6 is 0 Å². The van der Waals surface area contributed by atoms with Gasteiger partial charge in [-0.05, 0) is 29.3 Å². The minimum absolute atomic E-state index is 0.0305. The summed E-state index contributed by atoms with van der Waals surface area (Å²) in [4.78, 5) is 24.7. The molecule has 5 nitrogen and oxygen atoms in total. The molecule has 2 aromatic carbocycles. The molecule has 0 saturated carbocycles. The van der Waals surface area contributed by atoms with Crippen LogP contribution < -0.4 is 5.56 Å². The molecule has 98 valence electrons. The summed E-state index contributed by atoms with van der Waals surface area (Å²) in [6.45, 7) is 0. The van der Waals surface area contributed by atoms with E-state index in [1.54, 1.807) is 12.1 Å². The molecule has 0 radical (unpaired) electrons. The summed E-state index contributed by atoms with van der Waals surface area (Å²) in [6, 6.07) is 15.1. The highest BCUT2D eigenvalue weighted by atomic mass is 16.6. The van der Waals surface area contributed by atoms with Gasteiger partial charge in [0.1, 0.15) is 0 Å². The average molecular weight is 266 g/mol. The third kappa shape index (κ3) is 2.05. The van der Waals surface area contributed by atoms with E-state index in [0.717, 1.165) is 22.0 Å². The zero-order valence-corrected chi connectivity index (χ0v) is 10.4. The third-order valence-electron chi connectivity index (χ3n) is 3.14. The molecule has 3 aromatic rings. The van der Waals surface area contributed by atoms with Crippen LogP contribution in [0.15, 0.2) is 59.4 Å². The standard InChI is InChI=1S/C15H10N2O3/c18-15-9-13(12-3-1-2-4-14(12)16-15)10-5-7-11(8-6-10)17(19)20/h1-9H,(H,16,18). The van der Waals surface area contributed by atoms with Gasteiger partial charge in [-0.15, -0.1) is 0 Å². The number of nitro groups is 1. The molecule has 1 heterocycles. The summed E-state index contributed by atoms with van der Waals surface area (Å²) < 4.78 is 0. The van der Waals surface area contributed by atoms with Gasteiger partial charge in [-0.3, -0.25) is 14.9 Å². The maximum Gasteiger partial charge on any atom is 0.269 e. The normalized spacial score (nSPS) is 10.6. The van der Waals surface area contributed by atoms with Crippen molar-refractivity contribution in [2.24, 2.45) is 0 Å². The van der Waals surface area contributed by atoms with Gasteiger partial charge in [0.25, 0.3) is 5.69 Å². The van der Waals surface area contributed by atoms with Crippen molar-refractivity contribution in [3.8, 4) is 11.1 Å². The van der Waals surface area contributed by atoms with Crippen molar-refractivity contribution >= 4 is 16.6 Å². The Kier molecular flexibility index (Phi) is 2.80. The summed E-state index contributed by atoms with van der Waals surface area (Å²) in [5, 5.41) is 11.6. The minimum atomic E-state index is -0.445. The minimum Gasteiger partial charge on any atom is -0.322 e. The fraction of sp³-hybridized carbons (Fsp3) is 0. The fourth-order valence-electron chi connectivity index (χ4n) is 2.21. The fourth-order valence-corrected chi connectivity index (χ4v) is 2.21. The van der Waals surface area contributed by atoms with Crippen LogP contribution in [-0.2, 0) is 0 Å². The summed E-state index contributed by atoms with van der Waals surface area (Å²) in [7, 11) is 0. The number of hydrogen-bond acceptors (Lipinski definition) is 3. The first-order valence-corrected chi connectivity index (χ1v) is 6.02. The second-order valence-corrected chi connectivity index (χ2v) is 4.40. The molecule has 0 unspecified atom stereocenters. The Labute approximate surface area is 113 Å². The van der Waals surface area contributed by atoms with Gasteiger partial charge in [-0.2, -0.15) is 0 Å². The van der Waals surface area contributed by atoms with Crippen molar-refractivity contribution in [1.29, 1.82) is 0 Å². The number of pyridine rings is 1. The lowest BCUT2D eigenvalue weighted by Gasteiger charge is -2.06. The van der Waals surface area contributed by atoms with Crippen LogP contribution in [-0.4, -0.2) is 9.91 Å². The molecule has 1 N–H and O–H groups in total. The van der Waals surface area contributed by atoms with E-state index in [1.807, 2.05) is 24.3 Å². The number of H-pyrrole nitrogens is 1. The van der Waals surface area contributed by atoms with E-state index in [9.17, 15) is 14.9 Å². The number of aromatic amines is 1. The van der Waals surface area contributed by atoms with E-state index < -0.39 is 4.92 Å². The van der Waals surface area contributed by atoms with E-state index in [1.165, 1.54) is 18.2 Å². The Hall–Kier alpha value is -2.95. The number of rotatable bonds is 2. The van der Waals surface area contributed by atoms with Gasteiger partial charge in [0.05, 0.1) is 4.92 Å². The maximum absolute atomic E-state index is 11.7. The number of aromatic nitrogens is 1. The molecule has 0 spiro atoms. The second kappa shape index (κ2) is 4.62. The topological polar surface area (TPSA) is 76.0 Å². The Bertz CT molecular complexity index is 851. The van der Waals surface area contributed by atoms with Crippen LogP contribution in [0.1, 0.15) is 0 Å². The summed E-state index contributed by atoms with van der Waals surface area (Å²) >= 11 is 0. The third-order valence-corrected chi connectivity index (χ3v) is 3.14. The Balaban J connectivity index is 2.23. The van der Waals surface area contributed by atoms with Crippen molar-refractivity contribution < 1.29 is 4.92 Å². The molecule has 5 heteroatoms. The van der Waals surface area contributed by atoms with E-state index in [4.69, 9.17) is 0 Å². The zero-order valence-electron chi connectivity index (χ0n) is 10.4. The predicted molar refractivity (Wildman–Crippen MR) is 76.7 cm³/mol. The molecule has 0 aliphatic heterocycles. The van der Waals surface area contributed by atoms with Gasteiger partial charge < -0.3 is 4.98 Å². The molecule has 0 fully saturated rings. The number of fused-ring (bicyclic) bond motifs is 1. The summed E-state index contributed by atoms with van der Waals surface area (Å²) in [5.41, 5.74) is 2.12. The molecule has 1 aromatic heterocycles. The predicted octanol–water partition coefficient (Wildman–Crippen LogP) is 3.10. The lowest BCUT2D eigenvalue weighted by Crippen LogP contribution is -2.04. The number of para-hydroxylation sites is 1. The van der Waals surface area contributed by atoms with Crippen molar-refractivity contribution in [3.05, 3.63) is 75.1 Å². The SMILES string of the molecule is O=c1cc(-c2ccc([N+](=O)[O-])cc2)c2ccccc2[nH]1. The van der Waals surface area contributed by atoms with Crippen molar-refractivity contribution in [3.63, 3.8) is 0 Å². The van der Waals surface area contributed by atoms with E-state index >= 15 is 0 Å². The molecule has 0 amide bonds. The monoisotopic (exact) mass is 266 g/mol. The number of nitrogens with one attached hydrogen (secondary N) is 1. The average Bonchev–Trinajstić information content (AvgIpc) is 2.46. The van der Waals surface area contributed by atoms with Gasteiger partial charge in [-0.25, -0.2) is 0 Å². The molecular formula is C15H10N2O3. The highest BCUT2D eigenvalue weighted by Crippen LogP contribution is 2.27. The van der Waals surface area contributed by atoms with Gasteiger partial charge in [0.2, 0.25) is 5.56 Å². The number of hydrogen-bond donors (Lipinski definition) is 1. The molecule has 0 bridgehead atoms. The molecule has 3 rings (SSSR count). The molecule has 20 heavy (non-hydrogen) atoms. The lowest BCUT2D eigenvalue weighted by atomic mass is 10.0. The lowest BCUT2D eigenvalue weighted by molar-refractivity contribution is -0.384. The van der Waals surface area contributed by atoms with Crippen LogP contribution in [0.4, 0.5) is 5.69 Å². The molecule has 0 aliphatic rings. The van der Waals surface area contributed by atoms with Crippen LogP contribution in [0.2, 0.25) is 0 Å². The van der Waals surface area contributed by atoms with Crippen molar-refractivity contribution in [1.82, 2.24) is 4.98 Å². The molecule has 0 saturated heterocycles. The largest absolute Gasteiger partial charge is 0.322 e. The highest BCUT2D eigenvalue weighted by molar-refractivity contribution is 5.94. The van der Waals surface area contributed by atoms with E-state index in [2.05, 4.69) is 4.98 Å². The number of benzene rings is 2. The first-order chi connectivity index (χ1) is 9.65. The van der Waals surface area contributed by atoms with E-state index in [0.29, 0.717) is 0 Å². The smallest absolute Gasteiger partial charge is 0.269 e. The summed E-state index contributed by atoms with van der Waals surface area (Å²) in [6.07, 6.45) is 0. The van der Waals surface area contributed by atoms with E-state index in [-0.39, 0.29) is 11.2 Å². The number of nitro benzene ring substituents is 1. The quantitative estimate of drug-likeness (QED) is 0.572. The maximum atomic E-state index is 11.7. The molecule has 0 atom stereocenters. The molecule has 0 aliphatic carbocycles. The van der Waals surface area contributed by atoms with Gasteiger partial charge in [-0.1, -0.05) is 18.2 Å². The second-order valence-electron chi connectivity index (χ2n) is 4.40. The number of nitrogens with zero attached hydrogens (tertiary/aromatic N) is 1. The van der Waals surface area contributed by atoms with Gasteiger partial charge in [0, 0.05) is 29.1 Å². The Morgan fingerprint density at radius 1 is 1.00 bits per heavy atom. The first-order valence-electron chi connectivity index (χ1n) is 6.02.